The smallest absolute Gasteiger partial charge is 0.229 e. The molecule has 0 amide bonds. The van der Waals surface area contributed by atoms with Crippen LogP contribution in [0.2, 0.25) is 5.02 Å². The average Bonchev–Trinajstić information content (AvgIpc) is 2.65. The number of benzene rings is 2. The van der Waals surface area contributed by atoms with Crippen LogP contribution >= 0.6 is 11.6 Å². The van der Waals surface area contributed by atoms with Crippen molar-refractivity contribution in [2.75, 3.05) is 23.8 Å². The summed E-state index contributed by atoms with van der Waals surface area (Å²) in [5.41, 5.74) is 2.72. The molecule has 0 saturated carbocycles. The van der Waals surface area contributed by atoms with Crippen molar-refractivity contribution >= 4 is 34.7 Å². The first kappa shape index (κ1) is 16.5. The summed E-state index contributed by atoms with van der Waals surface area (Å²) in [5.74, 6) is 2.60. The highest BCUT2D eigenvalue weighted by Crippen LogP contribution is 2.33. The van der Waals surface area contributed by atoms with Crippen molar-refractivity contribution in [3.05, 3.63) is 59.2 Å². The van der Waals surface area contributed by atoms with Gasteiger partial charge >= 0.3 is 0 Å². The Hall–Kier alpha value is -2.99. The van der Waals surface area contributed by atoms with Crippen molar-refractivity contribution in [3.8, 4) is 11.5 Å². The van der Waals surface area contributed by atoms with E-state index in [-0.39, 0.29) is 0 Å². The van der Waals surface area contributed by atoms with Crippen molar-refractivity contribution in [2.45, 2.75) is 6.92 Å². The second-order valence-corrected chi connectivity index (χ2v) is 6.25. The number of hydrogen-bond donors (Lipinski definition) is 2. The number of aryl methyl sites for hydroxylation is 1. The maximum atomic E-state index is 6.17. The molecule has 0 aliphatic carbocycles. The second-order valence-electron chi connectivity index (χ2n) is 5.84. The first-order chi connectivity index (χ1) is 12.7. The van der Waals surface area contributed by atoms with Gasteiger partial charge in [-0.3, -0.25) is 0 Å². The Morgan fingerprint density at radius 2 is 1.69 bits per heavy atom. The zero-order chi connectivity index (χ0) is 17.9. The zero-order valence-corrected chi connectivity index (χ0v) is 14.9. The van der Waals surface area contributed by atoms with E-state index in [2.05, 4.69) is 20.6 Å². The minimum atomic E-state index is 0.477. The van der Waals surface area contributed by atoms with E-state index in [4.69, 9.17) is 21.1 Å². The Morgan fingerprint density at radius 3 is 2.54 bits per heavy atom. The summed E-state index contributed by atoms with van der Waals surface area (Å²) in [4.78, 5) is 8.74. The average molecular weight is 369 g/mol. The fraction of sp³-hybridized carbons (Fsp3) is 0.158. The van der Waals surface area contributed by atoms with Gasteiger partial charge in [0.25, 0.3) is 0 Å². The van der Waals surface area contributed by atoms with Crippen molar-refractivity contribution in [2.24, 2.45) is 0 Å². The highest BCUT2D eigenvalue weighted by Gasteiger charge is 2.12. The number of nitrogens with one attached hydrogen (secondary N) is 2. The Kier molecular flexibility index (Phi) is 4.50. The van der Waals surface area contributed by atoms with Crippen LogP contribution in [0.1, 0.15) is 5.56 Å². The van der Waals surface area contributed by atoms with Gasteiger partial charge < -0.3 is 20.1 Å². The molecule has 132 valence electrons. The van der Waals surface area contributed by atoms with Crippen molar-refractivity contribution in [1.82, 2.24) is 9.97 Å². The van der Waals surface area contributed by atoms with Crippen LogP contribution in [0.15, 0.2) is 48.7 Å². The number of aromatic nitrogens is 2. The molecule has 0 radical (unpaired) electrons. The molecule has 3 aromatic rings. The SMILES string of the molecule is Cc1ccc(Nc2ccnc(Nc3ccc4c(c3)OCCO4)n2)cc1Cl. The number of rotatable bonds is 4. The first-order valence-electron chi connectivity index (χ1n) is 8.20. The summed E-state index contributed by atoms with van der Waals surface area (Å²) in [6.07, 6.45) is 1.69. The van der Waals surface area contributed by atoms with E-state index >= 15 is 0 Å². The van der Waals surface area contributed by atoms with Crippen LogP contribution in [0, 0.1) is 6.92 Å². The van der Waals surface area contributed by atoms with Gasteiger partial charge in [-0.05, 0) is 42.8 Å². The van der Waals surface area contributed by atoms with E-state index in [1.165, 1.54) is 0 Å². The standard InChI is InChI=1S/C19H17ClN4O2/c1-12-2-3-13(10-15(12)20)22-18-6-7-21-19(24-18)23-14-4-5-16-17(11-14)26-9-8-25-16/h2-7,10-11H,8-9H2,1H3,(H2,21,22,23,24). The maximum absolute atomic E-state index is 6.17. The molecule has 0 saturated heterocycles. The van der Waals surface area contributed by atoms with Gasteiger partial charge in [0, 0.05) is 28.7 Å². The molecule has 6 nitrogen and oxygen atoms in total. The molecule has 2 aromatic carbocycles. The molecule has 4 rings (SSSR count). The maximum Gasteiger partial charge on any atom is 0.229 e. The molecule has 0 fully saturated rings. The van der Waals surface area contributed by atoms with Crippen LogP contribution in [0.5, 0.6) is 11.5 Å². The van der Waals surface area contributed by atoms with E-state index in [9.17, 15) is 0 Å². The summed E-state index contributed by atoms with van der Waals surface area (Å²) < 4.78 is 11.1. The number of fused-ring (bicyclic) bond motifs is 1. The lowest BCUT2D eigenvalue weighted by atomic mass is 10.2. The third-order valence-corrected chi connectivity index (χ3v) is 4.31. The summed E-state index contributed by atoms with van der Waals surface area (Å²) in [7, 11) is 0. The molecule has 0 unspecified atom stereocenters. The predicted octanol–water partition coefficient (Wildman–Crippen LogP) is 4.70. The lowest BCUT2D eigenvalue weighted by molar-refractivity contribution is 0.171. The van der Waals surface area contributed by atoms with Gasteiger partial charge in [-0.1, -0.05) is 17.7 Å². The van der Waals surface area contributed by atoms with E-state index in [0.29, 0.717) is 35.8 Å². The van der Waals surface area contributed by atoms with E-state index < -0.39 is 0 Å². The third kappa shape index (κ3) is 3.65. The van der Waals surface area contributed by atoms with Crippen LogP contribution < -0.4 is 20.1 Å². The van der Waals surface area contributed by atoms with E-state index in [0.717, 1.165) is 22.7 Å². The summed E-state index contributed by atoms with van der Waals surface area (Å²) in [6, 6.07) is 13.2. The molecule has 7 heteroatoms. The van der Waals surface area contributed by atoms with Crippen LogP contribution in [0.25, 0.3) is 0 Å². The Balaban J connectivity index is 1.51. The molecule has 1 aliphatic rings. The van der Waals surface area contributed by atoms with Crippen molar-refractivity contribution in [3.63, 3.8) is 0 Å². The van der Waals surface area contributed by atoms with Crippen LogP contribution in [-0.2, 0) is 0 Å². The zero-order valence-electron chi connectivity index (χ0n) is 14.1. The summed E-state index contributed by atoms with van der Waals surface area (Å²) in [5, 5.41) is 7.11. The van der Waals surface area contributed by atoms with Gasteiger partial charge in [-0.2, -0.15) is 4.98 Å². The number of nitrogens with zero attached hydrogens (tertiary/aromatic N) is 2. The van der Waals surface area contributed by atoms with Gasteiger partial charge in [0.1, 0.15) is 19.0 Å². The molecular formula is C19H17ClN4O2. The fourth-order valence-electron chi connectivity index (χ4n) is 2.56. The topological polar surface area (TPSA) is 68.3 Å². The Morgan fingerprint density at radius 1 is 0.923 bits per heavy atom. The van der Waals surface area contributed by atoms with Gasteiger partial charge in [-0.25, -0.2) is 4.98 Å². The van der Waals surface area contributed by atoms with Gasteiger partial charge in [0.05, 0.1) is 0 Å². The molecule has 1 aliphatic heterocycles. The molecule has 0 spiro atoms. The minimum Gasteiger partial charge on any atom is -0.486 e. The molecule has 26 heavy (non-hydrogen) atoms. The molecule has 1 aromatic heterocycles. The lowest BCUT2D eigenvalue weighted by Gasteiger charge is -2.19. The molecule has 2 N–H and O–H groups in total. The van der Waals surface area contributed by atoms with Gasteiger partial charge in [-0.15, -0.1) is 0 Å². The predicted molar refractivity (Wildman–Crippen MR) is 102 cm³/mol. The van der Waals surface area contributed by atoms with Crippen LogP contribution in [0.4, 0.5) is 23.1 Å². The van der Waals surface area contributed by atoms with E-state index in [1.807, 2.05) is 43.3 Å². The van der Waals surface area contributed by atoms with Crippen LogP contribution in [0.3, 0.4) is 0 Å². The third-order valence-electron chi connectivity index (χ3n) is 3.90. The summed E-state index contributed by atoms with van der Waals surface area (Å²) in [6.45, 7) is 3.08. The van der Waals surface area contributed by atoms with Gasteiger partial charge in [0.15, 0.2) is 11.5 Å². The van der Waals surface area contributed by atoms with E-state index in [1.54, 1.807) is 12.3 Å². The quantitative estimate of drug-likeness (QED) is 0.695. The monoisotopic (exact) mass is 368 g/mol. The normalized spacial score (nSPS) is 12.5. The second kappa shape index (κ2) is 7.09. The van der Waals surface area contributed by atoms with Crippen molar-refractivity contribution in [1.29, 1.82) is 0 Å². The number of hydrogen-bond acceptors (Lipinski definition) is 6. The Bertz CT molecular complexity index is 949. The fourth-order valence-corrected chi connectivity index (χ4v) is 2.74. The number of ether oxygens (including phenoxy) is 2. The number of anilines is 4. The van der Waals surface area contributed by atoms with Crippen molar-refractivity contribution < 1.29 is 9.47 Å². The van der Waals surface area contributed by atoms with Crippen LogP contribution in [-0.4, -0.2) is 23.2 Å². The highest BCUT2D eigenvalue weighted by molar-refractivity contribution is 6.31. The molecule has 0 bridgehead atoms. The molecular weight excluding hydrogens is 352 g/mol. The lowest BCUT2D eigenvalue weighted by Crippen LogP contribution is -2.15. The van der Waals surface area contributed by atoms with Gasteiger partial charge in [0.2, 0.25) is 5.95 Å². The first-order valence-corrected chi connectivity index (χ1v) is 8.58. The summed E-state index contributed by atoms with van der Waals surface area (Å²) >= 11 is 6.17. The molecule has 0 atom stereocenters. The molecule has 2 heterocycles. The highest BCUT2D eigenvalue weighted by atomic mass is 35.5. The largest absolute Gasteiger partial charge is 0.486 e. The Labute approximate surface area is 156 Å². The number of halogens is 1. The minimum absolute atomic E-state index is 0.477.